The Morgan fingerprint density at radius 3 is 2.56 bits per heavy atom. The summed E-state index contributed by atoms with van der Waals surface area (Å²) in [7, 11) is 0. The number of benzene rings is 2. The quantitative estimate of drug-likeness (QED) is 0.358. The van der Waals surface area contributed by atoms with Crippen molar-refractivity contribution in [3.63, 3.8) is 0 Å². The van der Waals surface area contributed by atoms with E-state index in [2.05, 4.69) is 23.5 Å². The molecule has 1 aromatic heterocycles. The van der Waals surface area contributed by atoms with Crippen molar-refractivity contribution in [3.05, 3.63) is 79.9 Å². The fourth-order valence-electron chi connectivity index (χ4n) is 2.84. The third-order valence-corrected chi connectivity index (χ3v) is 4.90. The first-order valence-corrected chi connectivity index (χ1v) is 9.21. The number of hydrogen-bond donors (Lipinski definition) is 0. The van der Waals surface area contributed by atoms with Gasteiger partial charge in [0.15, 0.2) is 0 Å². The molecule has 3 aromatic rings. The van der Waals surface area contributed by atoms with Gasteiger partial charge in [-0.2, -0.15) is 0 Å². The minimum Gasteiger partial charge on any atom is -0.244 e. The van der Waals surface area contributed by atoms with Gasteiger partial charge in [-0.1, -0.05) is 47.7 Å². The summed E-state index contributed by atoms with van der Waals surface area (Å²) < 4.78 is 1.90. The smallest absolute Gasteiger partial charge is 0.134 e. The molecule has 25 heavy (non-hydrogen) atoms. The van der Waals surface area contributed by atoms with E-state index in [9.17, 15) is 0 Å². The molecule has 0 saturated heterocycles. The van der Waals surface area contributed by atoms with Gasteiger partial charge in [0, 0.05) is 6.42 Å². The van der Waals surface area contributed by atoms with E-state index >= 15 is 0 Å². The van der Waals surface area contributed by atoms with Gasteiger partial charge in [0.1, 0.15) is 16.1 Å². The first kappa shape index (κ1) is 17.2. The summed E-state index contributed by atoms with van der Waals surface area (Å²) >= 11 is 1.59. The number of rotatable bonds is 6. The second-order valence-corrected chi connectivity index (χ2v) is 6.36. The highest BCUT2D eigenvalue weighted by atomic mass is 32.2. The lowest BCUT2D eigenvalue weighted by molar-refractivity contribution is 0.461. The molecule has 0 aliphatic rings. The number of aromatic nitrogens is 3. The number of nitrogens with zero attached hydrogens (tertiary/aromatic N) is 4. The van der Waals surface area contributed by atoms with Crippen LogP contribution in [0.5, 0.6) is 0 Å². The van der Waals surface area contributed by atoms with Crippen LogP contribution in [-0.2, 0) is 5.54 Å². The van der Waals surface area contributed by atoms with Crippen LogP contribution in [0.4, 0.5) is 5.69 Å². The van der Waals surface area contributed by atoms with Gasteiger partial charge in [0.05, 0.1) is 11.2 Å². The molecule has 1 atom stereocenters. The number of hydrogen-bond acceptors (Lipinski definition) is 4. The predicted molar refractivity (Wildman–Crippen MR) is 108 cm³/mol. The molecular weight excluding hydrogens is 328 g/mol. The van der Waals surface area contributed by atoms with Gasteiger partial charge in [-0.15, -0.1) is 30.0 Å². The molecule has 0 saturated carbocycles. The Kier molecular flexibility index (Phi) is 5.14. The number of fused-ring (bicyclic) bond motifs is 1. The Bertz CT molecular complexity index is 914. The Hall–Kier alpha value is -2.66. The van der Waals surface area contributed by atoms with Crippen LogP contribution in [0, 0.1) is 0 Å². The van der Waals surface area contributed by atoms with E-state index < -0.39 is 5.54 Å². The molecular formula is C20H20N4S. The van der Waals surface area contributed by atoms with Crippen LogP contribution in [0.15, 0.2) is 84.9 Å². The minimum absolute atomic E-state index is 0.621. The number of para-hydroxylation sites is 2. The summed E-state index contributed by atoms with van der Waals surface area (Å²) in [6, 6.07) is 17.8. The van der Waals surface area contributed by atoms with Gasteiger partial charge < -0.3 is 0 Å². The summed E-state index contributed by atoms with van der Waals surface area (Å²) in [4.78, 5) is 4.87. The van der Waals surface area contributed by atoms with Crippen molar-refractivity contribution in [2.24, 2.45) is 4.99 Å². The molecule has 0 aliphatic carbocycles. The lowest BCUT2D eigenvalue weighted by Crippen LogP contribution is -2.39. The zero-order chi connectivity index (χ0) is 17.7. The van der Waals surface area contributed by atoms with Gasteiger partial charge in [0.25, 0.3) is 0 Å². The first-order valence-electron chi connectivity index (χ1n) is 7.99. The van der Waals surface area contributed by atoms with E-state index in [4.69, 9.17) is 4.99 Å². The van der Waals surface area contributed by atoms with E-state index in [0.29, 0.717) is 6.42 Å². The van der Waals surface area contributed by atoms with Crippen LogP contribution in [0.25, 0.3) is 11.0 Å². The maximum absolute atomic E-state index is 4.87. The topological polar surface area (TPSA) is 43.1 Å². The fourth-order valence-corrected chi connectivity index (χ4v) is 3.65. The maximum atomic E-state index is 4.87. The van der Waals surface area contributed by atoms with E-state index in [-0.39, 0.29) is 0 Å². The van der Waals surface area contributed by atoms with Crippen molar-refractivity contribution in [2.75, 3.05) is 6.26 Å². The van der Waals surface area contributed by atoms with Crippen LogP contribution in [-0.4, -0.2) is 26.3 Å². The molecule has 0 aliphatic heterocycles. The van der Waals surface area contributed by atoms with Crippen LogP contribution in [0.3, 0.4) is 0 Å². The van der Waals surface area contributed by atoms with Gasteiger partial charge >= 0.3 is 0 Å². The van der Waals surface area contributed by atoms with E-state index in [0.717, 1.165) is 21.8 Å². The van der Waals surface area contributed by atoms with Gasteiger partial charge in [-0.25, -0.2) is 9.67 Å². The van der Waals surface area contributed by atoms with Crippen molar-refractivity contribution < 1.29 is 0 Å². The highest BCUT2D eigenvalue weighted by molar-refractivity contribution is 8.13. The Labute approximate surface area is 152 Å². The first-order chi connectivity index (χ1) is 12.2. The molecule has 5 heteroatoms. The fraction of sp³-hybridized carbons (Fsp3) is 0.150. The van der Waals surface area contributed by atoms with E-state index in [1.165, 1.54) is 0 Å². The molecule has 2 aromatic carbocycles. The zero-order valence-electron chi connectivity index (χ0n) is 14.2. The van der Waals surface area contributed by atoms with Gasteiger partial charge in [-0.05, 0) is 30.5 Å². The molecule has 0 radical (unpaired) electrons. The second-order valence-electron chi connectivity index (χ2n) is 5.57. The normalized spacial score (nSPS) is 14.2. The Balaban J connectivity index is 2.23. The van der Waals surface area contributed by atoms with Crippen molar-refractivity contribution in [2.45, 2.75) is 12.0 Å². The summed E-state index contributed by atoms with van der Waals surface area (Å²) in [5, 5.41) is 9.62. The second kappa shape index (κ2) is 7.49. The molecule has 1 heterocycles. The van der Waals surface area contributed by atoms with Crippen LogP contribution < -0.4 is 0 Å². The van der Waals surface area contributed by atoms with Crippen LogP contribution in [0.2, 0.25) is 0 Å². The molecule has 0 fully saturated rings. The average molecular weight is 348 g/mol. The van der Waals surface area contributed by atoms with Crippen molar-refractivity contribution >= 4 is 33.5 Å². The maximum Gasteiger partial charge on any atom is 0.134 e. The lowest BCUT2D eigenvalue weighted by atomic mass is 9.96. The van der Waals surface area contributed by atoms with E-state index in [1.807, 2.05) is 77.7 Å². The van der Waals surface area contributed by atoms with Crippen LogP contribution >= 0.6 is 11.8 Å². The molecule has 0 amide bonds. The number of thioether (sulfide) groups is 1. The Morgan fingerprint density at radius 1 is 1.16 bits per heavy atom. The molecule has 0 bridgehead atoms. The summed E-state index contributed by atoms with van der Waals surface area (Å²) in [6.07, 6.45) is 6.39. The van der Waals surface area contributed by atoms with Gasteiger partial charge in [-0.3, -0.25) is 0 Å². The number of aliphatic imine (C=N–C) groups is 1. The standard InChI is InChI=1S/C20H20N4S/c1-4-15-20(5-2,19(25-3)21-16-11-7-6-8-12-16)24-18-14-10-9-13-17(18)22-23-24/h4-14H,1-2,15H2,3H3. The molecule has 126 valence electrons. The molecule has 0 spiro atoms. The molecule has 1 unspecified atom stereocenters. The lowest BCUT2D eigenvalue weighted by Gasteiger charge is -2.30. The predicted octanol–water partition coefficient (Wildman–Crippen LogP) is 4.98. The van der Waals surface area contributed by atoms with E-state index in [1.54, 1.807) is 11.8 Å². The highest BCUT2D eigenvalue weighted by Crippen LogP contribution is 2.33. The third-order valence-electron chi connectivity index (χ3n) is 4.07. The molecule has 4 nitrogen and oxygen atoms in total. The van der Waals surface area contributed by atoms with Gasteiger partial charge in [0.2, 0.25) is 0 Å². The van der Waals surface area contributed by atoms with Crippen molar-refractivity contribution in [1.29, 1.82) is 0 Å². The third kappa shape index (κ3) is 3.15. The highest BCUT2D eigenvalue weighted by Gasteiger charge is 2.36. The van der Waals surface area contributed by atoms with Crippen LogP contribution in [0.1, 0.15) is 6.42 Å². The minimum atomic E-state index is -0.632. The zero-order valence-corrected chi connectivity index (χ0v) is 15.0. The molecule has 3 rings (SSSR count). The van der Waals surface area contributed by atoms with Crippen molar-refractivity contribution in [1.82, 2.24) is 15.0 Å². The summed E-state index contributed by atoms with van der Waals surface area (Å²) in [6.45, 7) is 8.03. The SMILES string of the molecule is C=CCC(C=C)(C(=Nc1ccccc1)SC)n1nnc2ccccc21. The summed E-state index contributed by atoms with van der Waals surface area (Å²) in [5.74, 6) is 0. The number of allylic oxidation sites excluding steroid dienone is 2. The summed E-state index contributed by atoms with van der Waals surface area (Å²) in [5.41, 5.74) is 2.05. The Morgan fingerprint density at radius 2 is 1.88 bits per heavy atom. The molecule has 0 N–H and O–H groups in total. The average Bonchev–Trinajstić information content (AvgIpc) is 3.10. The van der Waals surface area contributed by atoms with Crippen molar-refractivity contribution in [3.8, 4) is 0 Å². The monoisotopic (exact) mass is 348 g/mol. The largest absolute Gasteiger partial charge is 0.244 e.